The van der Waals surface area contributed by atoms with Crippen molar-refractivity contribution in [2.45, 2.75) is 11.7 Å². The zero-order chi connectivity index (χ0) is 4.99. The van der Waals surface area contributed by atoms with Crippen molar-refractivity contribution in [1.82, 2.24) is 0 Å². The molecule has 0 unspecified atom stereocenters. The fourth-order valence-electron chi connectivity index (χ4n) is 0.107. The van der Waals surface area contributed by atoms with E-state index >= 15 is 0 Å². The van der Waals surface area contributed by atoms with Crippen molar-refractivity contribution in [3.8, 4) is 0 Å². The summed E-state index contributed by atoms with van der Waals surface area (Å²) >= 11 is 1.84. The molecule has 3 N–H and O–H groups in total. The standard InChI is InChI=1S/C3H5GeO2.H2O/c4-2-1-3(5)6;/h1-2H2,(H,5,6);1H2. The first kappa shape index (κ1) is 10.1. The molecule has 4 heteroatoms. The molecule has 0 aromatic heterocycles. The Balaban J connectivity index is 0. The molecule has 0 aliphatic carbocycles. The maximum atomic E-state index is 9.60. The minimum absolute atomic E-state index is 0. The SMILES string of the molecule is O.O=C(O)C[CH2][Ge]. The van der Waals surface area contributed by atoms with Gasteiger partial charge in [-0.05, 0) is 0 Å². The molecule has 7 heavy (non-hydrogen) atoms. The second-order valence-electron chi connectivity index (χ2n) is 0.894. The summed E-state index contributed by atoms with van der Waals surface area (Å²) < 4.78 is 0. The van der Waals surface area contributed by atoms with Crippen LogP contribution in [-0.2, 0) is 4.79 Å². The summed E-state index contributed by atoms with van der Waals surface area (Å²) in [4.78, 5) is 9.60. The number of rotatable bonds is 2. The second-order valence-corrected chi connectivity index (χ2v) is 1.94. The molecule has 0 aromatic rings. The van der Waals surface area contributed by atoms with Gasteiger partial charge in [0, 0.05) is 0 Å². The Morgan fingerprint density at radius 1 is 1.71 bits per heavy atom. The maximum absolute atomic E-state index is 9.60. The molecule has 3 nitrogen and oxygen atoms in total. The third kappa shape index (κ3) is 10.7. The van der Waals surface area contributed by atoms with Crippen LogP contribution < -0.4 is 0 Å². The van der Waals surface area contributed by atoms with Gasteiger partial charge in [-0.15, -0.1) is 0 Å². The third-order valence-electron chi connectivity index (χ3n) is 0.339. The summed E-state index contributed by atoms with van der Waals surface area (Å²) in [7, 11) is 0. The number of hydrogen-bond acceptors (Lipinski definition) is 1. The minimum atomic E-state index is -0.711. The van der Waals surface area contributed by atoms with Crippen molar-refractivity contribution in [3.63, 3.8) is 0 Å². The molecule has 0 aliphatic heterocycles. The number of carboxylic acids is 1. The summed E-state index contributed by atoms with van der Waals surface area (Å²) in [5.74, 6) is -0.711. The van der Waals surface area contributed by atoms with E-state index in [-0.39, 0.29) is 5.48 Å². The Kier molecular flexibility index (Phi) is 8.58. The summed E-state index contributed by atoms with van der Waals surface area (Å²) in [6, 6.07) is 0. The van der Waals surface area contributed by atoms with Gasteiger partial charge in [0.1, 0.15) is 0 Å². The van der Waals surface area contributed by atoms with Gasteiger partial charge < -0.3 is 5.48 Å². The molecule has 0 aromatic carbocycles. The molecule has 0 rings (SSSR count). The molecular formula is C3H7GeO3. The monoisotopic (exact) mass is 165 g/mol. The van der Waals surface area contributed by atoms with E-state index in [0.29, 0.717) is 6.42 Å². The van der Waals surface area contributed by atoms with Crippen LogP contribution >= 0.6 is 0 Å². The molecule has 3 radical (unpaired) electrons. The summed E-state index contributed by atoms with van der Waals surface area (Å²) in [5, 5.41) is 8.64. The van der Waals surface area contributed by atoms with E-state index in [2.05, 4.69) is 0 Å². The van der Waals surface area contributed by atoms with Crippen LogP contribution in [0.4, 0.5) is 0 Å². The third-order valence-corrected chi connectivity index (χ3v) is 0.863. The van der Waals surface area contributed by atoms with Crippen molar-refractivity contribution in [2.24, 2.45) is 0 Å². The quantitative estimate of drug-likeness (QED) is 0.543. The first-order valence-corrected chi connectivity index (χ1v) is 3.12. The molecule has 0 fully saturated rings. The van der Waals surface area contributed by atoms with Crippen LogP contribution in [0.5, 0.6) is 0 Å². The number of carboxylic acid groups (broad SMARTS) is 1. The van der Waals surface area contributed by atoms with E-state index in [4.69, 9.17) is 5.11 Å². The molecular weight excluding hydrogens is 157 g/mol. The van der Waals surface area contributed by atoms with Crippen LogP contribution in [0.25, 0.3) is 0 Å². The molecule has 0 saturated carbocycles. The van der Waals surface area contributed by atoms with E-state index in [1.165, 1.54) is 0 Å². The predicted molar refractivity (Wildman–Crippen MR) is 26.4 cm³/mol. The van der Waals surface area contributed by atoms with Crippen LogP contribution in [0.2, 0.25) is 5.25 Å². The van der Waals surface area contributed by atoms with Crippen LogP contribution in [-0.4, -0.2) is 33.1 Å². The Morgan fingerprint density at radius 2 is 2.14 bits per heavy atom. The molecule has 0 heterocycles. The van der Waals surface area contributed by atoms with Gasteiger partial charge >= 0.3 is 44.1 Å². The Hall–Kier alpha value is -0.0271. The van der Waals surface area contributed by atoms with Crippen molar-refractivity contribution in [2.75, 3.05) is 0 Å². The van der Waals surface area contributed by atoms with Crippen LogP contribution in [0.1, 0.15) is 6.42 Å². The van der Waals surface area contributed by atoms with Crippen molar-refractivity contribution >= 4 is 22.5 Å². The Labute approximate surface area is 50.3 Å². The van der Waals surface area contributed by atoms with Gasteiger partial charge in [-0.25, -0.2) is 0 Å². The molecule has 0 aliphatic rings. The first-order valence-electron chi connectivity index (χ1n) is 1.63. The zero-order valence-electron chi connectivity index (χ0n) is 3.77. The molecule has 0 bridgehead atoms. The van der Waals surface area contributed by atoms with Gasteiger partial charge in [-0.3, -0.25) is 0 Å². The Bertz CT molecular complexity index is 54.1. The van der Waals surface area contributed by atoms with Gasteiger partial charge in [0.2, 0.25) is 0 Å². The Morgan fingerprint density at radius 3 is 2.14 bits per heavy atom. The normalized spacial score (nSPS) is 7.00. The van der Waals surface area contributed by atoms with Crippen LogP contribution in [0, 0.1) is 0 Å². The first-order chi connectivity index (χ1) is 2.77. The van der Waals surface area contributed by atoms with Gasteiger partial charge in [0.25, 0.3) is 0 Å². The van der Waals surface area contributed by atoms with Crippen molar-refractivity contribution in [3.05, 3.63) is 0 Å². The molecule has 0 saturated heterocycles. The topological polar surface area (TPSA) is 68.8 Å². The van der Waals surface area contributed by atoms with Crippen molar-refractivity contribution < 1.29 is 15.4 Å². The van der Waals surface area contributed by atoms with Gasteiger partial charge in [0.15, 0.2) is 0 Å². The van der Waals surface area contributed by atoms with E-state index in [9.17, 15) is 4.79 Å². The van der Waals surface area contributed by atoms with E-state index in [1.807, 2.05) is 16.5 Å². The fraction of sp³-hybridized carbons (Fsp3) is 0.667. The van der Waals surface area contributed by atoms with Gasteiger partial charge in [-0.2, -0.15) is 0 Å². The fourth-order valence-corrected chi connectivity index (χ4v) is 0.556. The molecule has 0 amide bonds. The van der Waals surface area contributed by atoms with E-state index in [0.717, 1.165) is 5.25 Å². The molecule has 41 valence electrons. The number of carbonyl (C=O) groups is 1. The number of aliphatic carboxylic acids is 1. The van der Waals surface area contributed by atoms with Crippen LogP contribution in [0.3, 0.4) is 0 Å². The average molecular weight is 164 g/mol. The summed E-state index contributed by atoms with van der Waals surface area (Å²) in [6.07, 6.45) is 0.292. The summed E-state index contributed by atoms with van der Waals surface area (Å²) in [6.45, 7) is 0. The number of hydrogen-bond donors (Lipinski definition) is 1. The van der Waals surface area contributed by atoms with Gasteiger partial charge in [-0.1, -0.05) is 0 Å². The van der Waals surface area contributed by atoms with E-state index < -0.39 is 5.97 Å². The second kappa shape index (κ2) is 5.97. The molecule has 0 atom stereocenters. The van der Waals surface area contributed by atoms with Crippen molar-refractivity contribution in [1.29, 1.82) is 0 Å². The molecule has 0 spiro atoms. The van der Waals surface area contributed by atoms with Crippen LogP contribution in [0.15, 0.2) is 0 Å². The predicted octanol–water partition coefficient (Wildman–Crippen LogP) is -0.777. The summed E-state index contributed by atoms with van der Waals surface area (Å²) in [5.41, 5.74) is 0. The average Bonchev–Trinajstić information content (AvgIpc) is 1.35. The van der Waals surface area contributed by atoms with E-state index in [1.54, 1.807) is 0 Å². The zero-order valence-corrected chi connectivity index (χ0v) is 5.87. The van der Waals surface area contributed by atoms with Gasteiger partial charge in [0.05, 0.1) is 0 Å².